The fourth-order valence-corrected chi connectivity index (χ4v) is 3.64. The van der Waals surface area contributed by atoms with Gasteiger partial charge in [-0.1, -0.05) is 38.1 Å². The van der Waals surface area contributed by atoms with E-state index in [0.717, 1.165) is 12.1 Å². The molecule has 26 heavy (non-hydrogen) atoms. The van der Waals surface area contributed by atoms with E-state index in [0.29, 0.717) is 37.9 Å². The summed E-state index contributed by atoms with van der Waals surface area (Å²) in [5.41, 5.74) is 2.30. The molecule has 1 saturated carbocycles. The molecule has 1 aliphatic heterocycles. The highest BCUT2D eigenvalue weighted by atomic mass is 16.2. The Morgan fingerprint density at radius 3 is 2.65 bits per heavy atom. The lowest BCUT2D eigenvalue weighted by Crippen LogP contribution is -2.49. The minimum atomic E-state index is -0.0695. The highest BCUT2D eigenvalue weighted by molar-refractivity contribution is 5.80. The minimum Gasteiger partial charge on any atom is -0.337 e. The zero-order valence-electron chi connectivity index (χ0n) is 16.2. The molecule has 1 saturated heterocycles. The van der Waals surface area contributed by atoms with E-state index in [4.69, 9.17) is 0 Å². The van der Waals surface area contributed by atoms with Gasteiger partial charge in [-0.3, -0.25) is 4.79 Å². The molecule has 0 aromatic heterocycles. The number of rotatable bonds is 5. The molecule has 1 aromatic carbocycles. The number of carbonyl (C=O) groups excluding carboxylic acids is 2. The number of hydrogen-bond acceptors (Lipinski definition) is 2. The molecule has 0 bridgehead atoms. The first-order valence-electron chi connectivity index (χ1n) is 9.82. The van der Waals surface area contributed by atoms with Gasteiger partial charge in [-0.05, 0) is 42.7 Å². The van der Waals surface area contributed by atoms with Crippen LogP contribution in [0.4, 0.5) is 4.79 Å². The lowest BCUT2D eigenvalue weighted by Gasteiger charge is -2.34. The predicted molar refractivity (Wildman–Crippen MR) is 103 cm³/mol. The third-order valence-corrected chi connectivity index (χ3v) is 5.62. The lowest BCUT2D eigenvalue weighted by atomic mass is 10.0. The topological polar surface area (TPSA) is 52.7 Å². The molecule has 3 rings (SSSR count). The molecule has 1 atom stereocenters. The Balaban J connectivity index is 1.64. The van der Waals surface area contributed by atoms with Crippen molar-refractivity contribution < 1.29 is 9.59 Å². The number of urea groups is 1. The highest BCUT2D eigenvalue weighted by Gasteiger charge is 2.36. The zero-order chi connectivity index (χ0) is 18.7. The van der Waals surface area contributed by atoms with E-state index in [9.17, 15) is 9.59 Å². The van der Waals surface area contributed by atoms with Crippen LogP contribution < -0.4 is 5.32 Å². The molecule has 1 heterocycles. The monoisotopic (exact) mass is 357 g/mol. The van der Waals surface area contributed by atoms with Gasteiger partial charge in [0.15, 0.2) is 0 Å². The third-order valence-electron chi connectivity index (χ3n) is 5.62. The Morgan fingerprint density at radius 1 is 1.27 bits per heavy atom. The SMILES string of the molecule is Cc1ccccc1CNC(=O)N1CCC(=O)N(CC2CC2)[C@@H](C(C)C)C1. The fraction of sp³-hybridized carbons (Fsp3) is 0.619. The van der Waals surface area contributed by atoms with Crippen LogP contribution in [-0.4, -0.2) is 47.4 Å². The van der Waals surface area contributed by atoms with Gasteiger partial charge in [-0.25, -0.2) is 4.79 Å². The summed E-state index contributed by atoms with van der Waals surface area (Å²) in [7, 11) is 0. The van der Waals surface area contributed by atoms with Crippen LogP contribution in [-0.2, 0) is 11.3 Å². The first-order chi connectivity index (χ1) is 12.5. The maximum Gasteiger partial charge on any atom is 0.317 e. The number of amides is 3. The van der Waals surface area contributed by atoms with Gasteiger partial charge in [0.05, 0.1) is 6.04 Å². The van der Waals surface area contributed by atoms with E-state index in [1.165, 1.54) is 18.4 Å². The van der Waals surface area contributed by atoms with Gasteiger partial charge in [-0.2, -0.15) is 0 Å². The molecule has 1 N–H and O–H groups in total. The first-order valence-corrected chi connectivity index (χ1v) is 9.82. The van der Waals surface area contributed by atoms with Crippen LogP contribution in [0.1, 0.15) is 44.2 Å². The highest BCUT2D eigenvalue weighted by Crippen LogP contribution is 2.32. The number of aryl methyl sites for hydroxylation is 1. The smallest absolute Gasteiger partial charge is 0.317 e. The van der Waals surface area contributed by atoms with Gasteiger partial charge in [-0.15, -0.1) is 0 Å². The van der Waals surface area contributed by atoms with Crippen molar-refractivity contribution in [2.75, 3.05) is 19.6 Å². The second-order valence-corrected chi connectivity index (χ2v) is 8.08. The van der Waals surface area contributed by atoms with Crippen molar-refractivity contribution in [2.24, 2.45) is 11.8 Å². The van der Waals surface area contributed by atoms with E-state index in [1.807, 2.05) is 23.1 Å². The second-order valence-electron chi connectivity index (χ2n) is 8.08. The standard InChI is InChI=1S/C21H31N3O2/c1-15(2)19-14-23(11-10-20(25)24(19)13-17-8-9-17)21(26)22-12-18-7-5-4-6-16(18)3/h4-7,15,17,19H,8-14H2,1-3H3,(H,22,26)/t19-/m1/s1. The van der Waals surface area contributed by atoms with Crippen molar-refractivity contribution in [1.82, 2.24) is 15.1 Å². The Bertz CT molecular complexity index is 654. The van der Waals surface area contributed by atoms with E-state index >= 15 is 0 Å². The van der Waals surface area contributed by atoms with E-state index in [2.05, 4.69) is 37.1 Å². The number of nitrogens with zero attached hydrogens (tertiary/aromatic N) is 2. The maximum absolute atomic E-state index is 12.7. The van der Waals surface area contributed by atoms with Crippen LogP contribution in [0, 0.1) is 18.8 Å². The maximum atomic E-state index is 12.7. The Hall–Kier alpha value is -2.04. The normalized spacial score (nSPS) is 21.1. The molecule has 5 heteroatoms. The van der Waals surface area contributed by atoms with Gasteiger partial charge in [0.2, 0.25) is 5.91 Å². The van der Waals surface area contributed by atoms with E-state index in [1.54, 1.807) is 0 Å². The molecular weight excluding hydrogens is 326 g/mol. The largest absolute Gasteiger partial charge is 0.337 e. The van der Waals surface area contributed by atoms with Gasteiger partial charge in [0.25, 0.3) is 0 Å². The van der Waals surface area contributed by atoms with Crippen LogP contribution in [0.5, 0.6) is 0 Å². The average molecular weight is 357 g/mol. The summed E-state index contributed by atoms with van der Waals surface area (Å²) in [5.74, 6) is 1.20. The molecule has 0 spiro atoms. The van der Waals surface area contributed by atoms with E-state index in [-0.39, 0.29) is 18.0 Å². The zero-order valence-corrected chi connectivity index (χ0v) is 16.2. The van der Waals surface area contributed by atoms with E-state index < -0.39 is 0 Å². The molecule has 0 radical (unpaired) electrons. The molecule has 2 aliphatic rings. The van der Waals surface area contributed by atoms with Crippen molar-refractivity contribution >= 4 is 11.9 Å². The molecule has 1 aliphatic carbocycles. The second kappa shape index (κ2) is 8.11. The lowest BCUT2D eigenvalue weighted by molar-refractivity contribution is -0.133. The van der Waals surface area contributed by atoms with Crippen molar-refractivity contribution in [2.45, 2.75) is 52.6 Å². The van der Waals surface area contributed by atoms with Crippen LogP contribution in [0.15, 0.2) is 24.3 Å². The molecule has 3 amide bonds. The third kappa shape index (κ3) is 4.57. The Labute approximate surface area is 156 Å². The van der Waals surface area contributed by atoms with Gasteiger partial charge >= 0.3 is 6.03 Å². The van der Waals surface area contributed by atoms with Gasteiger partial charge in [0, 0.05) is 32.6 Å². The van der Waals surface area contributed by atoms with Crippen LogP contribution in [0.3, 0.4) is 0 Å². The average Bonchev–Trinajstić information content (AvgIpc) is 3.43. The molecule has 1 aromatic rings. The number of nitrogens with one attached hydrogen (secondary N) is 1. The van der Waals surface area contributed by atoms with Crippen LogP contribution in [0.25, 0.3) is 0 Å². The first kappa shape index (κ1) is 18.7. The summed E-state index contributed by atoms with van der Waals surface area (Å²) in [6, 6.07) is 8.12. The molecule has 0 unspecified atom stereocenters. The summed E-state index contributed by atoms with van der Waals surface area (Å²) < 4.78 is 0. The predicted octanol–water partition coefficient (Wildman–Crippen LogP) is 3.17. The number of benzene rings is 1. The summed E-state index contributed by atoms with van der Waals surface area (Å²) in [5, 5.41) is 3.04. The van der Waals surface area contributed by atoms with Crippen LogP contribution >= 0.6 is 0 Å². The van der Waals surface area contributed by atoms with Crippen molar-refractivity contribution in [3.63, 3.8) is 0 Å². The quantitative estimate of drug-likeness (QED) is 0.880. The summed E-state index contributed by atoms with van der Waals surface area (Å²) in [4.78, 5) is 29.3. The Morgan fingerprint density at radius 2 is 2.00 bits per heavy atom. The molecule has 142 valence electrons. The summed E-state index contributed by atoms with van der Waals surface area (Å²) in [6.07, 6.45) is 2.89. The van der Waals surface area contributed by atoms with Gasteiger partial charge < -0.3 is 15.1 Å². The van der Waals surface area contributed by atoms with Crippen molar-refractivity contribution in [1.29, 1.82) is 0 Å². The molecular formula is C21H31N3O2. The van der Waals surface area contributed by atoms with Gasteiger partial charge in [0.1, 0.15) is 0 Å². The number of carbonyl (C=O) groups is 2. The summed E-state index contributed by atoms with van der Waals surface area (Å²) in [6.45, 7) is 8.85. The summed E-state index contributed by atoms with van der Waals surface area (Å²) >= 11 is 0. The Kier molecular flexibility index (Phi) is 5.84. The van der Waals surface area contributed by atoms with Crippen molar-refractivity contribution in [3.05, 3.63) is 35.4 Å². The molecule has 2 fully saturated rings. The number of hydrogen-bond donors (Lipinski definition) is 1. The van der Waals surface area contributed by atoms with Crippen LogP contribution in [0.2, 0.25) is 0 Å². The van der Waals surface area contributed by atoms with Crippen molar-refractivity contribution in [3.8, 4) is 0 Å². The minimum absolute atomic E-state index is 0.0695. The fourth-order valence-electron chi connectivity index (χ4n) is 3.64. The molecule has 5 nitrogen and oxygen atoms in total.